The summed E-state index contributed by atoms with van der Waals surface area (Å²) < 4.78 is 10.3. The van der Waals surface area contributed by atoms with Gasteiger partial charge in [0.1, 0.15) is 6.54 Å². The van der Waals surface area contributed by atoms with Crippen LogP contribution in [-0.4, -0.2) is 39.4 Å². The maximum Gasteiger partial charge on any atom is 0.326 e. The number of aryl methyl sites for hydroxylation is 1. The number of fused-ring (bicyclic) bond motifs is 1. The molecule has 2 amide bonds. The zero-order chi connectivity index (χ0) is 20.4. The van der Waals surface area contributed by atoms with Gasteiger partial charge in [0.15, 0.2) is 6.61 Å². The number of hydrogen-bond donors (Lipinski definition) is 0. The first-order valence-corrected chi connectivity index (χ1v) is 9.64. The summed E-state index contributed by atoms with van der Waals surface area (Å²) in [7, 11) is 0. The molecule has 1 aliphatic carbocycles. The molecule has 0 bridgehead atoms. The van der Waals surface area contributed by atoms with E-state index < -0.39 is 12.5 Å². The Labute approximate surface area is 167 Å². The molecule has 8 heteroatoms. The number of carbonyl (C=O) groups excluding carboxylic acids is 3. The summed E-state index contributed by atoms with van der Waals surface area (Å²) in [5.74, 6) is -1.49. The Kier molecular flexibility index (Phi) is 5.24. The number of nitrogens with zero attached hydrogens (tertiary/aromatic N) is 3. The van der Waals surface area contributed by atoms with E-state index >= 15 is 0 Å². The molecule has 1 saturated heterocycles. The van der Waals surface area contributed by atoms with E-state index in [0.29, 0.717) is 18.7 Å². The first-order valence-electron chi connectivity index (χ1n) is 9.64. The van der Waals surface area contributed by atoms with Crippen LogP contribution in [0.3, 0.4) is 0 Å². The molecule has 0 N–H and O–H groups in total. The fraction of sp³-hybridized carbons (Fsp3) is 0.381. The maximum atomic E-state index is 12.4. The number of aromatic nitrogens is 2. The Balaban J connectivity index is 1.33. The lowest BCUT2D eigenvalue weighted by molar-refractivity contribution is -0.154. The predicted molar refractivity (Wildman–Crippen MR) is 101 cm³/mol. The number of benzene rings is 1. The summed E-state index contributed by atoms with van der Waals surface area (Å²) in [5, 5.41) is 3.89. The Morgan fingerprint density at radius 3 is 2.41 bits per heavy atom. The molecule has 0 saturated carbocycles. The summed E-state index contributed by atoms with van der Waals surface area (Å²) in [4.78, 5) is 42.1. The zero-order valence-electron chi connectivity index (χ0n) is 16.0. The van der Waals surface area contributed by atoms with Crippen molar-refractivity contribution < 1.29 is 23.6 Å². The van der Waals surface area contributed by atoms with Gasteiger partial charge in [0.05, 0.1) is 11.8 Å². The number of esters is 1. The number of ether oxygens (including phenoxy) is 1. The highest BCUT2D eigenvalue weighted by atomic mass is 16.6. The number of imide groups is 1. The van der Waals surface area contributed by atoms with Gasteiger partial charge < -0.3 is 9.26 Å². The SMILES string of the molecule is CCc1ccc(-c2noc(COC(=O)CN3C(=O)[C@@H]4CC=CC[C@H]4C3=O)n2)cc1. The van der Waals surface area contributed by atoms with Crippen molar-refractivity contribution in [2.45, 2.75) is 32.8 Å². The molecule has 0 spiro atoms. The van der Waals surface area contributed by atoms with E-state index in [1.807, 2.05) is 36.4 Å². The van der Waals surface area contributed by atoms with E-state index in [2.05, 4.69) is 17.1 Å². The number of rotatable bonds is 6. The Bertz CT molecular complexity index is 937. The third-order valence-corrected chi connectivity index (χ3v) is 5.33. The van der Waals surface area contributed by atoms with Crippen LogP contribution in [0, 0.1) is 11.8 Å². The van der Waals surface area contributed by atoms with Gasteiger partial charge in [-0.1, -0.05) is 48.5 Å². The van der Waals surface area contributed by atoms with E-state index in [1.54, 1.807) is 0 Å². The molecule has 4 rings (SSSR count). The second kappa shape index (κ2) is 7.98. The minimum absolute atomic E-state index is 0.143. The van der Waals surface area contributed by atoms with Crippen molar-refractivity contribution in [1.29, 1.82) is 0 Å². The number of likely N-dealkylation sites (tertiary alicyclic amines) is 1. The summed E-state index contributed by atoms with van der Waals surface area (Å²) in [5.41, 5.74) is 2.00. The van der Waals surface area contributed by atoms with E-state index in [4.69, 9.17) is 9.26 Å². The Morgan fingerprint density at radius 2 is 1.79 bits per heavy atom. The van der Waals surface area contributed by atoms with Gasteiger partial charge in [-0.2, -0.15) is 4.98 Å². The summed E-state index contributed by atoms with van der Waals surface area (Å²) in [6, 6.07) is 7.78. The highest BCUT2D eigenvalue weighted by Gasteiger charge is 2.47. The fourth-order valence-electron chi connectivity index (χ4n) is 3.66. The van der Waals surface area contributed by atoms with Crippen molar-refractivity contribution in [3.8, 4) is 11.4 Å². The van der Waals surface area contributed by atoms with Crippen LogP contribution in [0.15, 0.2) is 40.9 Å². The number of amides is 2. The first-order chi connectivity index (χ1) is 14.1. The monoisotopic (exact) mass is 395 g/mol. The molecule has 2 heterocycles. The number of allylic oxidation sites excluding steroid dienone is 2. The largest absolute Gasteiger partial charge is 0.454 e. The average Bonchev–Trinajstić information content (AvgIpc) is 3.32. The van der Waals surface area contributed by atoms with Gasteiger partial charge in [-0.3, -0.25) is 19.3 Å². The highest BCUT2D eigenvalue weighted by Crippen LogP contribution is 2.34. The molecular formula is C21H21N3O5. The van der Waals surface area contributed by atoms with Gasteiger partial charge >= 0.3 is 5.97 Å². The van der Waals surface area contributed by atoms with Crippen molar-refractivity contribution in [1.82, 2.24) is 15.0 Å². The Hall–Kier alpha value is -3.29. The molecule has 1 aromatic carbocycles. The third kappa shape index (κ3) is 3.83. The van der Waals surface area contributed by atoms with Gasteiger partial charge in [-0.15, -0.1) is 0 Å². The maximum absolute atomic E-state index is 12.4. The highest BCUT2D eigenvalue weighted by molar-refractivity contribution is 6.07. The van der Waals surface area contributed by atoms with Crippen LogP contribution >= 0.6 is 0 Å². The molecule has 8 nitrogen and oxygen atoms in total. The lowest BCUT2D eigenvalue weighted by Crippen LogP contribution is -2.36. The molecule has 150 valence electrons. The van der Waals surface area contributed by atoms with Crippen LogP contribution in [0.4, 0.5) is 0 Å². The van der Waals surface area contributed by atoms with Crippen molar-refractivity contribution in [2.24, 2.45) is 11.8 Å². The second-order valence-corrected chi connectivity index (χ2v) is 7.14. The van der Waals surface area contributed by atoms with Gasteiger partial charge in [0.2, 0.25) is 17.6 Å². The Morgan fingerprint density at radius 1 is 1.14 bits per heavy atom. The van der Waals surface area contributed by atoms with Crippen LogP contribution in [-0.2, 0) is 32.1 Å². The van der Waals surface area contributed by atoms with Crippen LogP contribution in [0.1, 0.15) is 31.2 Å². The molecule has 1 aliphatic heterocycles. The van der Waals surface area contributed by atoms with Gasteiger partial charge in [0, 0.05) is 5.56 Å². The fourth-order valence-corrected chi connectivity index (χ4v) is 3.66. The van der Waals surface area contributed by atoms with Crippen LogP contribution < -0.4 is 0 Å². The topological polar surface area (TPSA) is 103 Å². The summed E-state index contributed by atoms with van der Waals surface area (Å²) in [6.45, 7) is 1.46. The minimum Gasteiger partial charge on any atom is -0.454 e. The van der Waals surface area contributed by atoms with Gasteiger partial charge in [-0.05, 0) is 24.8 Å². The zero-order valence-corrected chi connectivity index (χ0v) is 16.0. The van der Waals surface area contributed by atoms with Crippen molar-refractivity contribution >= 4 is 17.8 Å². The molecule has 2 aliphatic rings. The van der Waals surface area contributed by atoms with Crippen molar-refractivity contribution in [3.63, 3.8) is 0 Å². The van der Waals surface area contributed by atoms with Crippen LogP contribution in [0.2, 0.25) is 0 Å². The number of hydrogen-bond acceptors (Lipinski definition) is 7. The van der Waals surface area contributed by atoms with E-state index in [-0.39, 0.29) is 36.1 Å². The van der Waals surface area contributed by atoms with Gasteiger partial charge in [0.25, 0.3) is 5.89 Å². The smallest absolute Gasteiger partial charge is 0.326 e. The number of carbonyl (C=O) groups is 3. The molecule has 0 radical (unpaired) electrons. The molecule has 0 unspecified atom stereocenters. The lowest BCUT2D eigenvalue weighted by atomic mass is 9.85. The third-order valence-electron chi connectivity index (χ3n) is 5.33. The quantitative estimate of drug-likeness (QED) is 0.420. The first kappa shape index (κ1) is 19.0. The molecule has 1 aromatic heterocycles. The second-order valence-electron chi connectivity index (χ2n) is 7.14. The van der Waals surface area contributed by atoms with Crippen molar-refractivity contribution in [2.75, 3.05) is 6.54 Å². The van der Waals surface area contributed by atoms with Crippen molar-refractivity contribution in [3.05, 3.63) is 47.9 Å². The molecule has 2 atom stereocenters. The molecule has 29 heavy (non-hydrogen) atoms. The molecular weight excluding hydrogens is 374 g/mol. The average molecular weight is 395 g/mol. The normalized spacial score (nSPS) is 20.8. The van der Waals surface area contributed by atoms with E-state index in [0.717, 1.165) is 16.9 Å². The standard InChI is InChI=1S/C21H21N3O5/c1-2-13-7-9-14(10-8-13)19-22-17(29-23-19)12-28-18(25)11-24-20(26)15-5-3-4-6-16(15)21(24)27/h3-4,7-10,15-16H,2,5-6,11-12H2,1H3/t15-,16-/m1/s1. The lowest BCUT2D eigenvalue weighted by Gasteiger charge is -2.14. The summed E-state index contributed by atoms with van der Waals surface area (Å²) in [6.07, 6.45) is 5.80. The van der Waals surface area contributed by atoms with Crippen LogP contribution in [0.5, 0.6) is 0 Å². The van der Waals surface area contributed by atoms with E-state index in [1.165, 1.54) is 5.56 Å². The summed E-state index contributed by atoms with van der Waals surface area (Å²) >= 11 is 0. The minimum atomic E-state index is -0.689. The van der Waals surface area contributed by atoms with Gasteiger partial charge in [-0.25, -0.2) is 0 Å². The molecule has 2 aromatic rings. The predicted octanol–water partition coefficient (Wildman–Crippen LogP) is 2.29. The van der Waals surface area contributed by atoms with E-state index in [9.17, 15) is 14.4 Å². The van der Waals surface area contributed by atoms with Crippen LogP contribution in [0.25, 0.3) is 11.4 Å². The molecule has 1 fully saturated rings.